The number of aryl methyl sites for hydroxylation is 1. The van der Waals surface area contributed by atoms with Crippen LogP contribution in [-0.2, 0) is 7.05 Å². The van der Waals surface area contributed by atoms with E-state index in [2.05, 4.69) is 26.1 Å². The Kier molecular flexibility index (Phi) is 2.83. The second-order valence-corrected chi connectivity index (χ2v) is 7.56. The van der Waals surface area contributed by atoms with Gasteiger partial charge in [-0.3, -0.25) is 4.79 Å². The van der Waals surface area contributed by atoms with Gasteiger partial charge >= 0.3 is 0 Å². The van der Waals surface area contributed by atoms with Crippen molar-refractivity contribution in [1.29, 1.82) is 0 Å². The number of hydrogen-bond acceptors (Lipinski definition) is 1. The van der Waals surface area contributed by atoms with Crippen molar-refractivity contribution in [2.75, 3.05) is 0 Å². The van der Waals surface area contributed by atoms with Gasteiger partial charge in [-0.15, -0.1) is 0 Å². The molecule has 20 heavy (non-hydrogen) atoms. The summed E-state index contributed by atoms with van der Waals surface area (Å²) in [6.45, 7) is 9.15. The Morgan fingerprint density at radius 2 is 2.05 bits per heavy atom. The Hall–Kier alpha value is -1.25. The molecule has 1 heterocycles. The molecule has 1 aromatic rings. The molecule has 3 atom stereocenters. The third-order valence-corrected chi connectivity index (χ3v) is 6.70. The van der Waals surface area contributed by atoms with Crippen molar-refractivity contribution in [2.45, 2.75) is 53.0 Å². The zero-order valence-corrected chi connectivity index (χ0v) is 13.3. The molecule has 110 valence electrons. The molecular weight excluding hydrogens is 248 g/mol. The molecule has 2 saturated carbocycles. The summed E-state index contributed by atoms with van der Waals surface area (Å²) in [5, 5.41) is 3.32. The normalized spacial score (nSPS) is 34.5. The first-order chi connectivity index (χ1) is 9.27. The van der Waals surface area contributed by atoms with Gasteiger partial charge in [0.15, 0.2) is 0 Å². The molecule has 1 amide bonds. The number of fused-ring (bicyclic) bond motifs is 2. The monoisotopic (exact) mass is 274 g/mol. The zero-order chi connectivity index (χ0) is 14.7. The molecule has 3 unspecified atom stereocenters. The van der Waals surface area contributed by atoms with Crippen LogP contribution in [0.1, 0.15) is 56.2 Å². The summed E-state index contributed by atoms with van der Waals surface area (Å²) in [7, 11) is 1.96. The highest BCUT2D eigenvalue weighted by molar-refractivity contribution is 5.93. The third kappa shape index (κ3) is 1.61. The van der Waals surface area contributed by atoms with Gasteiger partial charge in [0, 0.05) is 18.8 Å². The van der Waals surface area contributed by atoms with Gasteiger partial charge in [0.2, 0.25) is 0 Å². The zero-order valence-electron chi connectivity index (χ0n) is 13.3. The Balaban J connectivity index is 1.80. The third-order valence-electron chi connectivity index (χ3n) is 6.70. The summed E-state index contributed by atoms with van der Waals surface area (Å²) in [6.07, 6.45) is 3.69. The van der Waals surface area contributed by atoms with Crippen molar-refractivity contribution in [3.63, 3.8) is 0 Å². The average molecular weight is 274 g/mol. The molecule has 0 aromatic carbocycles. The number of rotatable bonds is 2. The van der Waals surface area contributed by atoms with Crippen LogP contribution in [0.2, 0.25) is 0 Å². The van der Waals surface area contributed by atoms with Crippen LogP contribution >= 0.6 is 0 Å². The molecule has 0 aliphatic heterocycles. The van der Waals surface area contributed by atoms with Gasteiger partial charge in [-0.25, -0.2) is 0 Å². The maximum Gasteiger partial charge on any atom is 0.268 e. The van der Waals surface area contributed by atoms with Crippen molar-refractivity contribution in [1.82, 2.24) is 9.88 Å². The molecule has 3 heteroatoms. The van der Waals surface area contributed by atoms with Crippen LogP contribution in [0, 0.1) is 23.7 Å². The van der Waals surface area contributed by atoms with E-state index in [1.54, 1.807) is 0 Å². The molecule has 0 spiro atoms. The number of aromatic nitrogens is 1. The molecule has 2 fully saturated rings. The lowest BCUT2D eigenvalue weighted by Gasteiger charge is -2.39. The molecule has 2 aliphatic carbocycles. The molecule has 1 aromatic heterocycles. The highest BCUT2D eigenvalue weighted by Gasteiger charge is 2.61. The lowest BCUT2D eigenvalue weighted by molar-refractivity contribution is 0.0818. The SMILES string of the molecule is Cc1ccc(C(=O)NC2CC3CCC2(C)C3(C)C)n1C. The van der Waals surface area contributed by atoms with E-state index in [0.29, 0.717) is 11.5 Å². The minimum Gasteiger partial charge on any atom is -0.347 e. The fourth-order valence-corrected chi connectivity index (χ4v) is 4.50. The van der Waals surface area contributed by atoms with Gasteiger partial charge in [0.1, 0.15) is 5.69 Å². The Labute approximate surface area is 121 Å². The first kappa shape index (κ1) is 13.7. The Morgan fingerprint density at radius 1 is 1.35 bits per heavy atom. The topological polar surface area (TPSA) is 34.0 Å². The van der Waals surface area contributed by atoms with Crippen molar-refractivity contribution < 1.29 is 4.79 Å². The molecule has 2 bridgehead atoms. The number of nitrogens with one attached hydrogen (secondary N) is 1. The standard InChI is InChI=1S/C17H26N2O/c1-11-6-7-13(19(11)5)15(20)18-14-10-12-8-9-17(14,4)16(12,2)3/h6-7,12,14H,8-10H2,1-5H3,(H,18,20). The van der Waals surface area contributed by atoms with Crippen LogP contribution in [0.15, 0.2) is 12.1 Å². The predicted molar refractivity (Wildman–Crippen MR) is 80.6 cm³/mol. The fraction of sp³-hybridized carbons (Fsp3) is 0.706. The largest absolute Gasteiger partial charge is 0.347 e. The summed E-state index contributed by atoms with van der Waals surface area (Å²) in [4.78, 5) is 12.5. The van der Waals surface area contributed by atoms with E-state index in [4.69, 9.17) is 0 Å². The van der Waals surface area contributed by atoms with Crippen molar-refractivity contribution in [3.05, 3.63) is 23.5 Å². The van der Waals surface area contributed by atoms with Gasteiger partial charge in [0.25, 0.3) is 5.91 Å². The van der Waals surface area contributed by atoms with Gasteiger partial charge in [0.05, 0.1) is 0 Å². The predicted octanol–water partition coefficient (Wildman–Crippen LogP) is 3.28. The van der Waals surface area contributed by atoms with Crippen LogP contribution in [-0.4, -0.2) is 16.5 Å². The van der Waals surface area contributed by atoms with Gasteiger partial charge in [-0.1, -0.05) is 20.8 Å². The fourth-order valence-electron chi connectivity index (χ4n) is 4.50. The maximum absolute atomic E-state index is 12.5. The minimum absolute atomic E-state index is 0.0789. The molecule has 0 radical (unpaired) electrons. The summed E-state index contributed by atoms with van der Waals surface area (Å²) in [5.74, 6) is 0.836. The number of hydrogen-bond donors (Lipinski definition) is 1. The number of carbonyl (C=O) groups is 1. The van der Waals surface area contributed by atoms with E-state index in [1.807, 2.05) is 30.7 Å². The molecule has 3 nitrogen and oxygen atoms in total. The molecular formula is C17H26N2O. The maximum atomic E-state index is 12.5. The highest BCUT2D eigenvalue weighted by Crippen LogP contribution is 2.65. The second-order valence-electron chi connectivity index (χ2n) is 7.56. The number of nitrogens with zero attached hydrogens (tertiary/aromatic N) is 1. The Morgan fingerprint density at radius 3 is 2.50 bits per heavy atom. The van der Waals surface area contributed by atoms with Gasteiger partial charge < -0.3 is 9.88 Å². The lowest BCUT2D eigenvalue weighted by Crippen LogP contribution is -2.47. The lowest BCUT2D eigenvalue weighted by atomic mass is 9.69. The first-order valence-corrected chi connectivity index (χ1v) is 7.70. The van der Waals surface area contributed by atoms with E-state index < -0.39 is 0 Å². The summed E-state index contributed by atoms with van der Waals surface area (Å²) in [6, 6.07) is 4.24. The van der Waals surface area contributed by atoms with E-state index in [9.17, 15) is 4.79 Å². The molecule has 2 aliphatic rings. The summed E-state index contributed by atoms with van der Waals surface area (Å²) in [5.41, 5.74) is 2.48. The van der Waals surface area contributed by atoms with E-state index >= 15 is 0 Å². The van der Waals surface area contributed by atoms with Crippen molar-refractivity contribution >= 4 is 5.91 Å². The first-order valence-electron chi connectivity index (χ1n) is 7.70. The van der Waals surface area contributed by atoms with E-state index in [-0.39, 0.29) is 11.3 Å². The number of amides is 1. The van der Waals surface area contributed by atoms with Crippen LogP contribution in [0.3, 0.4) is 0 Å². The summed E-state index contributed by atoms with van der Waals surface area (Å²) >= 11 is 0. The van der Waals surface area contributed by atoms with Crippen molar-refractivity contribution in [3.8, 4) is 0 Å². The Bertz CT molecular complexity index is 557. The highest BCUT2D eigenvalue weighted by atomic mass is 16.2. The molecule has 3 rings (SSSR count). The summed E-state index contributed by atoms with van der Waals surface area (Å²) < 4.78 is 1.97. The van der Waals surface area contributed by atoms with Crippen LogP contribution < -0.4 is 5.32 Å². The van der Waals surface area contributed by atoms with Crippen molar-refractivity contribution in [2.24, 2.45) is 23.8 Å². The van der Waals surface area contributed by atoms with E-state index in [0.717, 1.165) is 23.7 Å². The number of carbonyl (C=O) groups excluding carboxylic acids is 1. The smallest absolute Gasteiger partial charge is 0.268 e. The van der Waals surface area contributed by atoms with Gasteiger partial charge in [-0.05, 0) is 55.1 Å². The minimum atomic E-state index is 0.0789. The quantitative estimate of drug-likeness (QED) is 0.882. The van der Waals surface area contributed by atoms with Crippen LogP contribution in [0.25, 0.3) is 0 Å². The van der Waals surface area contributed by atoms with Crippen LogP contribution in [0.4, 0.5) is 0 Å². The van der Waals surface area contributed by atoms with E-state index in [1.165, 1.54) is 12.8 Å². The molecule has 1 N–H and O–H groups in total. The molecule has 0 saturated heterocycles. The average Bonchev–Trinajstić information content (AvgIpc) is 2.88. The second kappa shape index (κ2) is 4.12. The van der Waals surface area contributed by atoms with Gasteiger partial charge in [-0.2, -0.15) is 0 Å². The van der Waals surface area contributed by atoms with Crippen LogP contribution in [0.5, 0.6) is 0 Å².